The van der Waals surface area contributed by atoms with Gasteiger partial charge in [0.1, 0.15) is 0 Å². The number of carbonyl (C=O) groups excluding carboxylic acids is 2. The van der Waals surface area contributed by atoms with Crippen molar-refractivity contribution < 1.29 is 18.7 Å². The number of rotatable bonds is 4. The summed E-state index contributed by atoms with van der Waals surface area (Å²) in [5.74, 6) is -0.726. The third-order valence-electron chi connectivity index (χ3n) is 1.89. The fraction of sp³-hybridized carbons (Fsp3) is 0.400. The lowest BCUT2D eigenvalue weighted by Crippen LogP contribution is -2.16. The van der Waals surface area contributed by atoms with Crippen LogP contribution in [0.5, 0.6) is 0 Å². The van der Waals surface area contributed by atoms with Gasteiger partial charge in [-0.3, -0.25) is 9.59 Å². The Bertz CT molecular complexity index is 313. The molecular weight excluding hydrogens is 184 g/mol. The molecule has 0 N–H and O–H groups in total. The van der Waals surface area contributed by atoms with Crippen LogP contribution in [0, 0.1) is 5.92 Å². The van der Waals surface area contributed by atoms with Gasteiger partial charge in [0.25, 0.3) is 0 Å². The van der Waals surface area contributed by atoms with Gasteiger partial charge in [-0.2, -0.15) is 0 Å². The number of furan rings is 1. The Kier molecular flexibility index (Phi) is 3.45. The van der Waals surface area contributed by atoms with Gasteiger partial charge in [-0.25, -0.2) is 0 Å². The van der Waals surface area contributed by atoms with E-state index in [0.717, 1.165) is 0 Å². The second-order valence-electron chi connectivity index (χ2n) is 3.03. The van der Waals surface area contributed by atoms with Gasteiger partial charge < -0.3 is 9.15 Å². The lowest BCUT2D eigenvalue weighted by atomic mass is 10.0. The first-order valence-corrected chi connectivity index (χ1v) is 4.29. The average molecular weight is 196 g/mol. The summed E-state index contributed by atoms with van der Waals surface area (Å²) in [6.45, 7) is 1.65. The quantitative estimate of drug-likeness (QED) is 0.542. The molecule has 0 aromatic carbocycles. The molecule has 0 bridgehead atoms. The Labute approximate surface area is 81.9 Å². The molecule has 0 aliphatic rings. The fourth-order valence-corrected chi connectivity index (χ4v) is 1.10. The van der Waals surface area contributed by atoms with E-state index in [1.807, 2.05) is 0 Å². The summed E-state index contributed by atoms with van der Waals surface area (Å²) in [4.78, 5) is 22.4. The molecule has 1 aromatic heterocycles. The van der Waals surface area contributed by atoms with E-state index in [-0.39, 0.29) is 23.9 Å². The summed E-state index contributed by atoms with van der Waals surface area (Å²) >= 11 is 0. The van der Waals surface area contributed by atoms with Crippen molar-refractivity contribution in [1.82, 2.24) is 0 Å². The van der Waals surface area contributed by atoms with Crippen LogP contribution in [0.3, 0.4) is 0 Å². The summed E-state index contributed by atoms with van der Waals surface area (Å²) in [6, 6.07) is 3.21. The van der Waals surface area contributed by atoms with Crippen molar-refractivity contribution >= 4 is 11.8 Å². The standard InChI is InChI=1S/C10H12O4/c1-7(10(12)13-2)6-8(11)9-4-3-5-14-9/h3-5,7H,6H2,1-2H3. The highest BCUT2D eigenvalue weighted by molar-refractivity contribution is 5.95. The number of ether oxygens (including phenoxy) is 1. The number of Topliss-reactive ketones (excluding diaryl/α,β-unsaturated/α-hetero) is 1. The smallest absolute Gasteiger partial charge is 0.308 e. The minimum atomic E-state index is -0.433. The molecule has 0 saturated heterocycles. The fourth-order valence-electron chi connectivity index (χ4n) is 1.10. The molecular formula is C10H12O4. The van der Waals surface area contributed by atoms with Crippen molar-refractivity contribution in [3.05, 3.63) is 24.2 Å². The summed E-state index contributed by atoms with van der Waals surface area (Å²) in [6.07, 6.45) is 1.54. The van der Waals surface area contributed by atoms with Crippen molar-refractivity contribution in [3.8, 4) is 0 Å². The SMILES string of the molecule is COC(=O)C(C)CC(=O)c1ccco1. The van der Waals surface area contributed by atoms with Crippen molar-refractivity contribution in [1.29, 1.82) is 0 Å². The van der Waals surface area contributed by atoms with Crippen LogP contribution in [0.2, 0.25) is 0 Å². The van der Waals surface area contributed by atoms with Gasteiger partial charge in [-0.15, -0.1) is 0 Å². The minimum Gasteiger partial charge on any atom is -0.469 e. The number of methoxy groups -OCH3 is 1. The second-order valence-corrected chi connectivity index (χ2v) is 3.03. The van der Waals surface area contributed by atoms with E-state index >= 15 is 0 Å². The van der Waals surface area contributed by atoms with Crippen LogP contribution in [0.15, 0.2) is 22.8 Å². The van der Waals surface area contributed by atoms with Gasteiger partial charge in [0.15, 0.2) is 11.5 Å². The van der Waals surface area contributed by atoms with Crippen LogP contribution >= 0.6 is 0 Å². The van der Waals surface area contributed by atoms with Crippen LogP contribution in [0.1, 0.15) is 23.9 Å². The summed E-state index contributed by atoms with van der Waals surface area (Å²) in [7, 11) is 1.30. The maximum Gasteiger partial charge on any atom is 0.308 e. The molecule has 76 valence electrons. The summed E-state index contributed by atoms with van der Waals surface area (Å²) < 4.78 is 9.42. The topological polar surface area (TPSA) is 56.5 Å². The number of hydrogen-bond donors (Lipinski definition) is 0. The molecule has 0 aliphatic heterocycles. The zero-order valence-electron chi connectivity index (χ0n) is 8.15. The molecule has 14 heavy (non-hydrogen) atoms. The molecule has 1 unspecified atom stereocenters. The first-order valence-electron chi connectivity index (χ1n) is 4.29. The van der Waals surface area contributed by atoms with Crippen LogP contribution in [0.25, 0.3) is 0 Å². The Hall–Kier alpha value is -1.58. The molecule has 1 aromatic rings. The lowest BCUT2D eigenvalue weighted by Gasteiger charge is -2.06. The molecule has 0 radical (unpaired) electrons. The molecule has 0 spiro atoms. The first kappa shape index (κ1) is 10.5. The van der Waals surface area contributed by atoms with Crippen molar-refractivity contribution in [3.63, 3.8) is 0 Å². The highest BCUT2D eigenvalue weighted by Gasteiger charge is 2.19. The number of esters is 1. The van der Waals surface area contributed by atoms with E-state index in [9.17, 15) is 9.59 Å². The molecule has 0 fully saturated rings. The predicted octanol–water partition coefficient (Wildman–Crippen LogP) is 1.66. The molecule has 4 heteroatoms. The van der Waals surface area contributed by atoms with Gasteiger partial charge >= 0.3 is 5.97 Å². The monoisotopic (exact) mass is 196 g/mol. The Morgan fingerprint density at radius 3 is 2.79 bits per heavy atom. The van der Waals surface area contributed by atoms with Crippen LogP contribution in [-0.2, 0) is 9.53 Å². The Morgan fingerprint density at radius 1 is 1.57 bits per heavy atom. The third-order valence-corrected chi connectivity index (χ3v) is 1.89. The van der Waals surface area contributed by atoms with Crippen LogP contribution in [0.4, 0.5) is 0 Å². The van der Waals surface area contributed by atoms with E-state index in [1.165, 1.54) is 13.4 Å². The Morgan fingerprint density at radius 2 is 2.29 bits per heavy atom. The highest BCUT2D eigenvalue weighted by atomic mass is 16.5. The lowest BCUT2D eigenvalue weighted by molar-refractivity contribution is -0.144. The van der Waals surface area contributed by atoms with Crippen molar-refractivity contribution in [2.75, 3.05) is 7.11 Å². The largest absolute Gasteiger partial charge is 0.469 e. The van der Waals surface area contributed by atoms with E-state index in [0.29, 0.717) is 0 Å². The molecule has 0 amide bonds. The third kappa shape index (κ3) is 2.45. The zero-order chi connectivity index (χ0) is 10.6. The van der Waals surface area contributed by atoms with Crippen molar-refractivity contribution in [2.24, 2.45) is 5.92 Å². The number of ketones is 1. The van der Waals surface area contributed by atoms with Gasteiger partial charge in [-0.05, 0) is 12.1 Å². The molecule has 1 heterocycles. The van der Waals surface area contributed by atoms with Gasteiger partial charge in [0.2, 0.25) is 0 Å². The minimum absolute atomic E-state index is 0.111. The molecule has 0 aliphatic carbocycles. The molecule has 0 saturated carbocycles. The number of carbonyl (C=O) groups is 2. The van der Waals surface area contributed by atoms with Crippen LogP contribution in [-0.4, -0.2) is 18.9 Å². The highest BCUT2D eigenvalue weighted by Crippen LogP contribution is 2.11. The van der Waals surface area contributed by atoms with E-state index in [1.54, 1.807) is 19.1 Å². The zero-order valence-corrected chi connectivity index (χ0v) is 8.15. The first-order chi connectivity index (χ1) is 6.65. The van der Waals surface area contributed by atoms with Crippen LogP contribution < -0.4 is 0 Å². The van der Waals surface area contributed by atoms with Crippen molar-refractivity contribution in [2.45, 2.75) is 13.3 Å². The molecule has 1 atom stereocenters. The normalized spacial score (nSPS) is 12.1. The Balaban J connectivity index is 2.53. The maximum absolute atomic E-state index is 11.4. The van der Waals surface area contributed by atoms with E-state index in [4.69, 9.17) is 4.42 Å². The van der Waals surface area contributed by atoms with Gasteiger partial charge in [-0.1, -0.05) is 6.92 Å². The molecule has 4 nitrogen and oxygen atoms in total. The molecule has 1 rings (SSSR count). The second kappa shape index (κ2) is 4.60. The van der Waals surface area contributed by atoms with E-state index in [2.05, 4.69) is 4.74 Å². The average Bonchev–Trinajstić information content (AvgIpc) is 2.69. The van der Waals surface area contributed by atoms with E-state index < -0.39 is 5.92 Å². The van der Waals surface area contributed by atoms with Gasteiger partial charge in [0, 0.05) is 6.42 Å². The predicted molar refractivity (Wildman–Crippen MR) is 48.8 cm³/mol. The number of hydrogen-bond acceptors (Lipinski definition) is 4. The van der Waals surface area contributed by atoms with Gasteiger partial charge in [0.05, 0.1) is 19.3 Å². The summed E-state index contributed by atoms with van der Waals surface area (Å²) in [5, 5.41) is 0. The maximum atomic E-state index is 11.4. The summed E-state index contributed by atoms with van der Waals surface area (Å²) in [5.41, 5.74) is 0.